The second-order valence-electron chi connectivity index (χ2n) is 5.67. The van der Waals surface area contributed by atoms with Crippen LogP contribution < -0.4 is 10.8 Å². The lowest BCUT2D eigenvalue weighted by Crippen LogP contribution is -2.33. The smallest absolute Gasteiger partial charge is 0.407 e. The lowest BCUT2D eigenvalue weighted by molar-refractivity contribution is 0.0526. The van der Waals surface area contributed by atoms with Gasteiger partial charge in [0.05, 0.1) is 12.7 Å². The highest BCUT2D eigenvalue weighted by atomic mass is 16.6. The summed E-state index contributed by atoms with van der Waals surface area (Å²) in [4.78, 5) is 22.5. The molecule has 0 aliphatic carbocycles. The number of hydrogen-bond acceptors (Lipinski definition) is 5. The largest absolute Gasteiger partial charge is 0.444 e. The van der Waals surface area contributed by atoms with Crippen molar-refractivity contribution in [2.45, 2.75) is 39.3 Å². The fourth-order valence-corrected chi connectivity index (χ4v) is 1.81. The van der Waals surface area contributed by atoms with Gasteiger partial charge in [-0.2, -0.15) is 0 Å². The monoisotopic (exact) mass is 292 g/mol. The van der Waals surface area contributed by atoms with Crippen LogP contribution in [-0.4, -0.2) is 37.8 Å². The van der Waals surface area contributed by atoms with Crippen molar-refractivity contribution in [3.05, 3.63) is 18.1 Å². The molecule has 0 spiro atoms. The van der Waals surface area contributed by atoms with Crippen molar-refractivity contribution in [3.8, 4) is 0 Å². The van der Waals surface area contributed by atoms with Crippen molar-refractivity contribution >= 4 is 17.3 Å². The van der Waals surface area contributed by atoms with E-state index in [1.807, 2.05) is 20.8 Å². The number of alkyl carbamates (subject to hydrolysis) is 1. The maximum Gasteiger partial charge on any atom is 0.407 e. The highest BCUT2D eigenvalue weighted by Crippen LogP contribution is 2.06. The predicted molar refractivity (Wildman–Crippen MR) is 76.6 cm³/mol. The molecular formula is C13H20N6O2. The Hall–Kier alpha value is -2.38. The number of nitrogens with zero attached hydrogens (tertiary/aromatic N) is 3. The molecule has 0 fully saturated rings. The average molecular weight is 292 g/mol. The summed E-state index contributed by atoms with van der Waals surface area (Å²) in [5.74, 6) is 0. The van der Waals surface area contributed by atoms with E-state index in [1.54, 1.807) is 10.9 Å². The highest BCUT2D eigenvalue weighted by molar-refractivity contribution is 5.67. The van der Waals surface area contributed by atoms with E-state index in [1.165, 1.54) is 6.33 Å². The second kappa shape index (κ2) is 5.94. The number of aryl methyl sites for hydroxylation is 1. The first-order valence-electron chi connectivity index (χ1n) is 6.77. The number of rotatable bonds is 4. The van der Waals surface area contributed by atoms with Gasteiger partial charge in [-0.25, -0.2) is 14.8 Å². The van der Waals surface area contributed by atoms with Crippen LogP contribution in [0.2, 0.25) is 0 Å². The van der Waals surface area contributed by atoms with Crippen molar-refractivity contribution in [1.82, 2.24) is 24.8 Å². The number of H-pyrrole nitrogens is 1. The summed E-state index contributed by atoms with van der Waals surface area (Å²) in [6.45, 7) is 6.51. The number of hydrogen-bond donors (Lipinski definition) is 3. The first kappa shape index (κ1) is 15.0. The molecule has 0 saturated heterocycles. The fourth-order valence-electron chi connectivity index (χ4n) is 1.81. The zero-order valence-electron chi connectivity index (χ0n) is 12.4. The fraction of sp³-hybridized carbons (Fsp3) is 0.538. The van der Waals surface area contributed by atoms with Crippen LogP contribution >= 0.6 is 0 Å². The van der Waals surface area contributed by atoms with Crippen molar-refractivity contribution in [3.63, 3.8) is 0 Å². The Kier molecular flexibility index (Phi) is 4.25. The minimum absolute atomic E-state index is 0.328. The van der Waals surface area contributed by atoms with Gasteiger partial charge in [-0.1, -0.05) is 0 Å². The van der Waals surface area contributed by atoms with Gasteiger partial charge in [0, 0.05) is 13.1 Å². The minimum atomic E-state index is -0.497. The molecule has 1 amide bonds. The van der Waals surface area contributed by atoms with E-state index < -0.39 is 11.7 Å². The molecule has 2 aromatic rings. The third kappa shape index (κ3) is 4.04. The summed E-state index contributed by atoms with van der Waals surface area (Å²) < 4.78 is 6.85. The molecule has 0 aliphatic heterocycles. The molecule has 8 heteroatoms. The van der Waals surface area contributed by atoms with Crippen LogP contribution in [0.4, 0.5) is 4.79 Å². The Morgan fingerprint density at radius 2 is 2.24 bits per heavy atom. The van der Waals surface area contributed by atoms with Gasteiger partial charge in [-0.15, -0.1) is 0 Å². The summed E-state index contributed by atoms with van der Waals surface area (Å²) in [6.07, 6.45) is 3.35. The predicted octanol–water partition coefficient (Wildman–Crippen LogP) is 1.15. The molecule has 2 heterocycles. The molecule has 0 bridgehead atoms. The molecule has 3 N–H and O–H groups in total. The number of nitrogens with one attached hydrogen (secondary N) is 3. The van der Waals surface area contributed by atoms with Crippen LogP contribution in [0.5, 0.6) is 0 Å². The zero-order valence-corrected chi connectivity index (χ0v) is 12.4. The number of carbonyl (C=O) groups is 1. The van der Waals surface area contributed by atoms with Crippen LogP contribution in [0, 0.1) is 5.41 Å². The number of ether oxygens (including phenoxy) is 1. The van der Waals surface area contributed by atoms with E-state index >= 15 is 0 Å². The van der Waals surface area contributed by atoms with Gasteiger partial charge in [0.1, 0.15) is 11.1 Å². The third-order valence-electron chi connectivity index (χ3n) is 2.71. The Bertz CT molecular complexity index is 682. The van der Waals surface area contributed by atoms with Gasteiger partial charge in [-0.05, 0) is 27.2 Å². The van der Waals surface area contributed by atoms with Crippen LogP contribution in [0.25, 0.3) is 11.2 Å². The summed E-state index contributed by atoms with van der Waals surface area (Å²) in [6, 6.07) is 0. The number of amides is 1. The summed E-state index contributed by atoms with van der Waals surface area (Å²) in [5.41, 5.74) is 0.971. The van der Waals surface area contributed by atoms with E-state index in [4.69, 9.17) is 10.1 Å². The van der Waals surface area contributed by atoms with Gasteiger partial charge >= 0.3 is 6.09 Å². The van der Waals surface area contributed by atoms with Crippen molar-refractivity contribution in [2.75, 3.05) is 6.54 Å². The summed E-state index contributed by atoms with van der Waals surface area (Å²) in [5, 5.41) is 10.7. The van der Waals surface area contributed by atoms with E-state index in [0.717, 1.165) is 0 Å². The van der Waals surface area contributed by atoms with Gasteiger partial charge < -0.3 is 19.6 Å². The Balaban J connectivity index is 1.84. The molecule has 2 aromatic heterocycles. The molecule has 2 rings (SSSR count). The van der Waals surface area contributed by atoms with Crippen LogP contribution in [-0.2, 0) is 11.3 Å². The normalized spacial score (nSPS) is 11.6. The lowest BCUT2D eigenvalue weighted by Gasteiger charge is -2.19. The molecule has 8 nitrogen and oxygen atoms in total. The minimum Gasteiger partial charge on any atom is -0.444 e. The third-order valence-corrected chi connectivity index (χ3v) is 2.71. The van der Waals surface area contributed by atoms with Crippen LogP contribution in [0.3, 0.4) is 0 Å². The zero-order chi connectivity index (χ0) is 15.5. The molecule has 0 saturated carbocycles. The molecule has 0 radical (unpaired) electrons. The van der Waals surface area contributed by atoms with Crippen LogP contribution in [0.1, 0.15) is 27.2 Å². The van der Waals surface area contributed by atoms with E-state index in [9.17, 15) is 4.79 Å². The highest BCUT2D eigenvalue weighted by Gasteiger charge is 2.15. The van der Waals surface area contributed by atoms with Crippen molar-refractivity contribution in [2.24, 2.45) is 0 Å². The molecule has 0 atom stereocenters. The second-order valence-corrected chi connectivity index (χ2v) is 5.67. The number of carbonyl (C=O) groups excluding carboxylic acids is 1. The van der Waals surface area contributed by atoms with Crippen molar-refractivity contribution in [1.29, 1.82) is 5.41 Å². The quantitative estimate of drug-likeness (QED) is 0.734. The van der Waals surface area contributed by atoms with Gasteiger partial charge in [-0.3, -0.25) is 5.41 Å². The van der Waals surface area contributed by atoms with Crippen molar-refractivity contribution < 1.29 is 9.53 Å². The molecule has 21 heavy (non-hydrogen) atoms. The molecular weight excluding hydrogens is 272 g/mol. The first-order chi connectivity index (χ1) is 9.87. The maximum absolute atomic E-state index is 11.5. The van der Waals surface area contributed by atoms with Gasteiger partial charge in [0.25, 0.3) is 0 Å². The van der Waals surface area contributed by atoms with Gasteiger partial charge in [0.15, 0.2) is 11.1 Å². The number of imidazole rings is 1. The van der Waals surface area contributed by atoms with E-state index in [0.29, 0.717) is 36.2 Å². The molecule has 0 unspecified atom stereocenters. The Labute approximate surface area is 122 Å². The first-order valence-corrected chi connectivity index (χ1v) is 6.77. The van der Waals surface area contributed by atoms with E-state index in [2.05, 4.69) is 20.3 Å². The van der Waals surface area contributed by atoms with Crippen LogP contribution in [0.15, 0.2) is 12.7 Å². The summed E-state index contributed by atoms with van der Waals surface area (Å²) >= 11 is 0. The number of aromatic amines is 1. The Morgan fingerprint density at radius 1 is 1.48 bits per heavy atom. The standard InChI is InChI=1S/C13H20N6O2/c1-13(2,3)21-12(20)15-5-4-6-19-8-18-11-9(10(19)14)16-7-17-11/h7-8,14H,4-6H2,1-3H3,(H,15,20)(H,16,17). The van der Waals surface area contributed by atoms with Gasteiger partial charge in [0.2, 0.25) is 0 Å². The van der Waals surface area contributed by atoms with E-state index in [-0.39, 0.29) is 0 Å². The number of fused-ring (bicyclic) bond motifs is 1. The average Bonchev–Trinajstić information content (AvgIpc) is 2.84. The molecule has 114 valence electrons. The molecule has 0 aromatic carbocycles. The Morgan fingerprint density at radius 3 is 2.95 bits per heavy atom. The molecule has 0 aliphatic rings. The lowest BCUT2D eigenvalue weighted by atomic mass is 10.2. The maximum atomic E-state index is 11.5. The number of aromatic nitrogens is 4. The topological polar surface area (TPSA) is 109 Å². The summed E-state index contributed by atoms with van der Waals surface area (Å²) in [7, 11) is 0. The SMILES string of the molecule is CC(C)(C)OC(=O)NCCCn1cnc2nc[nH]c2c1=N.